The molecule has 0 saturated heterocycles. The number of fused-ring (bicyclic) bond motifs is 1. The SMILES string of the molecule is O=C(CCNS(=O)(=O)c1ccc2c(c1)OCCO2)NNC(=O)c1ccc(Cl)c(S(=O)(=O)Nc2ccc(Cl)cc2)c1. The van der Waals surface area contributed by atoms with Crippen LogP contribution in [0, 0.1) is 0 Å². The van der Waals surface area contributed by atoms with Gasteiger partial charge in [-0.3, -0.25) is 25.2 Å². The number of carbonyl (C=O) groups is 2. The van der Waals surface area contributed by atoms with Crippen LogP contribution in [0.25, 0.3) is 0 Å². The van der Waals surface area contributed by atoms with Crippen LogP contribution in [0.2, 0.25) is 10.0 Å². The van der Waals surface area contributed by atoms with E-state index in [-0.39, 0.29) is 39.0 Å². The number of nitrogens with one attached hydrogen (secondary N) is 4. The number of amides is 2. The van der Waals surface area contributed by atoms with Gasteiger partial charge in [0.25, 0.3) is 15.9 Å². The van der Waals surface area contributed by atoms with Crippen molar-refractivity contribution in [2.75, 3.05) is 24.5 Å². The van der Waals surface area contributed by atoms with Gasteiger partial charge in [0.05, 0.1) is 9.92 Å². The molecule has 4 N–H and O–H groups in total. The maximum atomic E-state index is 12.8. The molecule has 3 aromatic rings. The molecule has 4 rings (SSSR count). The highest BCUT2D eigenvalue weighted by Crippen LogP contribution is 2.32. The van der Waals surface area contributed by atoms with Crippen LogP contribution in [0.4, 0.5) is 5.69 Å². The molecule has 0 atom stereocenters. The Balaban J connectivity index is 1.31. The average Bonchev–Trinajstić information content (AvgIpc) is 2.92. The van der Waals surface area contributed by atoms with Gasteiger partial charge >= 0.3 is 0 Å². The number of hydrogen-bond acceptors (Lipinski definition) is 8. The Morgan fingerprint density at radius 1 is 0.800 bits per heavy atom. The first kappa shape index (κ1) is 29.4. The zero-order chi connectivity index (χ0) is 28.9. The highest BCUT2D eigenvalue weighted by atomic mass is 35.5. The molecular weight excluding hydrogens is 607 g/mol. The molecule has 0 aromatic heterocycles. The van der Waals surface area contributed by atoms with E-state index in [1.54, 1.807) is 0 Å². The molecule has 2 amide bonds. The van der Waals surface area contributed by atoms with Crippen LogP contribution >= 0.6 is 23.2 Å². The van der Waals surface area contributed by atoms with Crippen LogP contribution in [-0.4, -0.2) is 48.4 Å². The second-order valence-corrected chi connectivity index (χ2v) is 12.5. The lowest BCUT2D eigenvalue weighted by Crippen LogP contribution is -2.42. The lowest BCUT2D eigenvalue weighted by Gasteiger charge is -2.18. The van der Waals surface area contributed by atoms with Crippen molar-refractivity contribution < 1.29 is 35.9 Å². The van der Waals surface area contributed by atoms with Crippen molar-refractivity contribution in [1.82, 2.24) is 15.6 Å². The van der Waals surface area contributed by atoms with Crippen LogP contribution in [0.1, 0.15) is 16.8 Å². The van der Waals surface area contributed by atoms with Gasteiger partial charge in [-0.05, 0) is 54.6 Å². The Morgan fingerprint density at radius 2 is 1.50 bits per heavy atom. The van der Waals surface area contributed by atoms with Crippen LogP contribution in [0.3, 0.4) is 0 Å². The van der Waals surface area contributed by atoms with Crippen molar-refractivity contribution in [3.8, 4) is 11.5 Å². The second-order valence-electron chi connectivity index (χ2n) is 8.21. The lowest BCUT2D eigenvalue weighted by molar-refractivity contribution is -0.121. The van der Waals surface area contributed by atoms with Crippen LogP contribution in [-0.2, 0) is 24.8 Å². The molecular formula is C24H22Cl2N4O8S2. The van der Waals surface area contributed by atoms with Gasteiger partial charge in [-0.15, -0.1) is 0 Å². The highest BCUT2D eigenvalue weighted by molar-refractivity contribution is 7.92. The Bertz CT molecular complexity index is 1650. The predicted molar refractivity (Wildman–Crippen MR) is 147 cm³/mol. The van der Waals surface area contributed by atoms with E-state index in [1.165, 1.54) is 54.6 Å². The zero-order valence-corrected chi connectivity index (χ0v) is 23.6. The van der Waals surface area contributed by atoms with Crippen molar-refractivity contribution in [3.05, 3.63) is 76.3 Å². The molecule has 212 valence electrons. The summed E-state index contributed by atoms with van der Waals surface area (Å²) in [6.45, 7) is 0.393. The third kappa shape index (κ3) is 7.34. The summed E-state index contributed by atoms with van der Waals surface area (Å²) in [5, 5.41) is 0.284. The molecule has 12 nitrogen and oxygen atoms in total. The van der Waals surface area contributed by atoms with E-state index in [1.807, 2.05) is 0 Å². The van der Waals surface area contributed by atoms with Crippen LogP contribution in [0.5, 0.6) is 11.5 Å². The molecule has 1 aliphatic rings. The molecule has 0 radical (unpaired) electrons. The summed E-state index contributed by atoms with van der Waals surface area (Å²) in [7, 11) is -8.12. The summed E-state index contributed by atoms with van der Waals surface area (Å²) < 4.78 is 66.1. The monoisotopic (exact) mass is 628 g/mol. The Morgan fingerprint density at radius 3 is 2.23 bits per heavy atom. The molecule has 1 aliphatic heterocycles. The number of anilines is 1. The molecule has 0 unspecified atom stereocenters. The van der Waals surface area contributed by atoms with Crippen molar-refractivity contribution >= 4 is 60.8 Å². The molecule has 1 heterocycles. The molecule has 40 heavy (non-hydrogen) atoms. The van der Waals surface area contributed by atoms with Crippen molar-refractivity contribution in [2.45, 2.75) is 16.2 Å². The largest absolute Gasteiger partial charge is 0.486 e. The van der Waals surface area contributed by atoms with Gasteiger partial charge in [0, 0.05) is 35.3 Å². The minimum Gasteiger partial charge on any atom is -0.486 e. The summed E-state index contributed by atoms with van der Waals surface area (Å²) in [6.07, 6.45) is -0.310. The smallest absolute Gasteiger partial charge is 0.269 e. The maximum absolute atomic E-state index is 12.8. The van der Waals surface area contributed by atoms with E-state index >= 15 is 0 Å². The summed E-state index contributed by atoms with van der Waals surface area (Å²) in [5.74, 6) is -0.800. The molecule has 0 spiro atoms. The predicted octanol–water partition coefficient (Wildman–Crippen LogP) is 2.70. The first-order valence-electron chi connectivity index (χ1n) is 11.5. The fourth-order valence-electron chi connectivity index (χ4n) is 3.41. The fourth-order valence-corrected chi connectivity index (χ4v) is 6.17. The second kappa shape index (κ2) is 12.3. The molecule has 0 fully saturated rings. The zero-order valence-electron chi connectivity index (χ0n) is 20.4. The van der Waals surface area contributed by atoms with E-state index in [4.69, 9.17) is 32.7 Å². The standard InChI is InChI=1S/C24H22Cl2N4O8S2/c25-16-2-4-17(5-3-16)30-40(35,36)22-13-15(1-7-19(22)26)24(32)29-28-23(31)9-10-27-39(33,34)18-6-8-20-21(14-18)38-12-11-37-20/h1-8,13-14,27,30H,9-12H2,(H,28,31)(H,29,32). The first-order valence-corrected chi connectivity index (χ1v) is 15.2. The van der Waals surface area contributed by atoms with Gasteiger partial charge in [0.15, 0.2) is 11.5 Å². The number of hydrogen-bond donors (Lipinski definition) is 4. The summed E-state index contributed by atoms with van der Waals surface area (Å²) >= 11 is 11.9. The van der Waals surface area contributed by atoms with Gasteiger partial charge in [-0.25, -0.2) is 21.6 Å². The third-order valence-corrected chi connectivity index (χ3v) is 8.94. The van der Waals surface area contributed by atoms with Crippen molar-refractivity contribution in [2.24, 2.45) is 0 Å². The number of halogens is 2. The number of benzene rings is 3. The lowest BCUT2D eigenvalue weighted by atomic mass is 10.2. The van der Waals surface area contributed by atoms with Crippen LogP contribution in [0.15, 0.2) is 70.5 Å². The quantitative estimate of drug-likeness (QED) is 0.262. The van der Waals surface area contributed by atoms with Gasteiger partial charge in [-0.1, -0.05) is 23.2 Å². The first-order chi connectivity index (χ1) is 18.9. The fraction of sp³-hybridized carbons (Fsp3) is 0.167. The Kier molecular flexibility index (Phi) is 9.05. The van der Waals surface area contributed by atoms with Crippen molar-refractivity contribution in [3.63, 3.8) is 0 Å². The van der Waals surface area contributed by atoms with Gasteiger partial charge in [-0.2, -0.15) is 0 Å². The number of rotatable bonds is 9. The van der Waals surface area contributed by atoms with E-state index in [0.717, 1.165) is 6.07 Å². The topological polar surface area (TPSA) is 169 Å². The average molecular weight is 630 g/mol. The molecule has 0 saturated carbocycles. The molecule has 16 heteroatoms. The van der Waals surface area contributed by atoms with E-state index < -0.39 is 31.9 Å². The number of sulfonamides is 2. The molecule has 3 aromatic carbocycles. The molecule has 0 aliphatic carbocycles. The van der Waals surface area contributed by atoms with E-state index in [0.29, 0.717) is 29.7 Å². The van der Waals surface area contributed by atoms with Gasteiger partial charge in [0.1, 0.15) is 18.1 Å². The minimum absolute atomic E-state index is 0.0653. The normalized spacial score (nSPS) is 12.8. The van der Waals surface area contributed by atoms with Gasteiger partial charge < -0.3 is 9.47 Å². The van der Waals surface area contributed by atoms with E-state index in [2.05, 4.69) is 20.3 Å². The highest BCUT2D eigenvalue weighted by Gasteiger charge is 2.22. The maximum Gasteiger partial charge on any atom is 0.269 e. The van der Waals surface area contributed by atoms with Crippen LogP contribution < -0.4 is 29.8 Å². The number of carbonyl (C=O) groups excluding carboxylic acids is 2. The summed E-state index contributed by atoms with van der Waals surface area (Å²) in [5.41, 5.74) is 4.41. The Labute approximate surface area is 240 Å². The number of hydrazine groups is 1. The van der Waals surface area contributed by atoms with E-state index in [9.17, 15) is 26.4 Å². The molecule has 0 bridgehead atoms. The number of ether oxygens (including phenoxy) is 2. The van der Waals surface area contributed by atoms with Gasteiger partial charge in [0.2, 0.25) is 15.9 Å². The summed E-state index contributed by atoms with van der Waals surface area (Å²) in [6, 6.07) is 13.6. The Hall–Kier alpha value is -3.56. The third-order valence-electron chi connectivity index (χ3n) is 5.36. The minimum atomic E-state index is -4.17. The summed E-state index contributed by atoms with van der Waals surface area (Å²) in [4.78, 5) is 24.3. The van der Waals surface area contributed by atoms with Crippen molar-refractivity contribution in [1.29, 1.82) is 0 Å².